The van der Waals surface area contributed by atoms with E-state index in [9.17, 15) is 0 Å². The standard InChI is InChI=1S/C21H21/c1-2-6-16(7-3-1)10-11-17-12-13-20-14-18-8-4-5-9-19(18)15-21(17)20/h1-3,6-7,12-15H,4-5,8-11H2. The Morgan fingerprint density at radius 3 is 2.33 bits per heavy atom. The van der Waals surface area contributed by atoms with Crippen LogP contribution in [0.2, 0.25) is 0 Å². The molecule has 0 heterocycles. The van der Waals surface area contributed by atoms with Crippen molar-refractivity contribution in [3.63, 3.8) is 0 Å². The van der Waals surface area contributed by atoms with Gasteiger partial charge < -0.3 is 0 Å². The second kappa shape index (κ2) is 5.52. The molecule has 0 saturated heterocycles. The van der Waals surface area contributed by atoms with Crippen LogP contribution in [0.25, 0.3) is 6.08 Å². The zero-order valence-corrected chi connectivity index (χ0v) is 12.4. The fourth-order valence-corrected chi connectivity index (χ4v) is 3.64. The predicted octanol–water partition coefficient (Wildman–Crippen LogP) is 5.15. The van der Waals surface area contributed by atoms with E-state index < -0.39 is 0 Å². The lowest BCUT2D eigenvalue weighted by Gasteiger charge is -2.19. The average Bonchev–Trinajstić information content (AvgIpc) is 2.94. The van der Waals surface area contributed by atoms with Crippen molar-refractivity contribution in [3.8, 4) is 0 Å². The van der Waals surface area contributed by atoms with Gasteiger partial charge in [0.2, 0.25) is 0 Å². The summed E-state index contributed by atoms with van der Waals surface area (Å²) in [6.07, 6.45) is 12.2. The van der Waals surface area contributed by atoms with E-state index in [1.54, 1.807) is 11.1 Å². The summed E-state index contributed by atoms with van der Waals surface area (Å²) >= 11 is 0. The lowest BCUT2D eigenvalue weighted by atomic mass is 9.86. The second-order valence-corrected chi connectivity index (χ2v) is 6.26. The molecule has 0 unspecified atom stereocenters. The quantitative estimate of drug-likeness (QED) is 0.725. The summed E-state index contributed by atoms with van der Waals surface area (Å²) in [7, 11) is 0. The van der Waals surface area contributed by atoms with Crippen molar-refractivity contribution in [1.82, 2.24) is 0 Å². The Morgan fingerprint density at radius 1 is 0.762 bits per heavy atom. The maximum Gasteiger partial charge on any atom is 0.0276 e. The molecule has 0 aromatic heterocycles. The third kappa shape index (κ3) is 2.55. The minimum atomic E-state index is 1.14. The van der Waals surface area contributed by atoms with Crippen LogP contribution in [0.4, 0.5) is 0 Å². The van der Waals surface area contributed by atoms with Crippen molar-refractivity contribution in [1.29, 1.82) is 0 Å². The van der Waals surface area contributed by atoms with Crippen molar-refractivity contribution in [2.75, 3.05) is 0 Å². The fraction of sp³-hybridized carbons (Fsp3) is 0.286. The van der Waals surface area contributed by atoms with E-state index in [0.29, 0.717) is 0 Å². The van der Waals surface area contributed by atoms with Crippen LogP contribution in [-0.4, -0.2) is 0 Å². The third-order valence-electron chi connectivity index (χ3n) is 4.85. The van der Waals surface area contributed by atoms with Gasteiger partial charge in [0.05, 0.1) is 0 Å². The molecule has 0 nitrogen and oxygen atoms in total. The van der Waals surface area contributed by atoms with E-state index >= 15 is 0 Å². The molecular formula is C21H21. The van der Waals surface area contributed by atoms with Gasteiger partial charge in [0.1, 0.15) is 0 Å². The van der Waals surface area contributed by atoms with Gasteiger partial charge in [-0.15, -0.1) is 0 Å². The Hall–Kier alpha value is -1.82. The zero-order chi connectivity index (χ0) is 14.1. The number of hydrogen-bond acceptors (Lipinski definition) is 0. The highest BCUT2D eigenvalue weighted by molar-refractivity contribution is 5.70. The molecule has 0 atom stereocenters. The molecule has 0 amide bonds. The average molecular weight is 273 g/mol. The Labute approximate surface area is 127 Å². The molecule has 0 saturated carbocycles. The molecule has 1 radical (unpaired) electrons. The van der Waals surface area contributed by atoms with Gasteiger partial charge in [-0.3, -0.25) is 0 Å². The summed E-state index contributed by atoms with van der Waals surface area (Å²) in [5.74, 6) is 1.52. The van der Waals surface area contributed by atoms with E-state index in [1.165, 1.54) is 48.3 Å². The molecular weight excluding hydrogens is 252 g/mol. The first-order chi connectivity index (χ1) is 10.4. The zero-order valence-electron chi connectivity index (χ0n) is 12.4. The Balaban J connectivity index is 1.54. The highest BCUT2D eigenvalue weighted by Gasteiger charge is 2.21. The van der Waals surface area contributed by atoms with Gasteiger partial charge in [-0.2, -0.15) is 0 Å². The molecule has 2 aromatic rings. The van der Waals surface area contributed by atoms with Crippen LogP contribution in [0, 0.1) is 5.92 Å². The van der Waals surface area contributed by atoms with Crippen molar-refractivity contribution in [2.45, 2.75) is 38.5 Å². The first-order valence-electron chi connectivity index (χ1n) is 8.14. The van der Waals surface area contributed by atoms with E-state index in [1.807, 2.05) is 0 Å². The van der Waals surface area contributed by atoms with Crippen LogP contribution in [-0.2, 0) is 19.3 Å². The summed E-state index contributed by atoms with van der Waals surface area (Å²) in [5.41, 5.74) is 7.56. The molecule has 0 fully saturated rings. The van der Waals surface area contributed by atoms with Gasteiger partial charge in [0.15, 0.2) is 0 Å². The molecule has 0 N–H and O–H groups in total. The topological polar surface area (TPSA) is 0 Å². The largest absolute Gasteiger partial charge is 0.0721 e. The molecule has 21 heavy (non-hydrogen) atoms. The van der Waals surface area contributed by atoms with Gasteiger partial charge in [-0.1, -0.05) is 54.6 Å². The number of fused-ring (bicyclic) bond motifs is 2. The maximum atomic E-state index is 2.48. The van der Waals surface area contributed by atoms with Gasteiger partial charge in [-0.05, 0) is 66.3 Å². The Kier molecular flexibility index (Phi) is 3.39. The third-order valence-corrected chi connectivity index (χ3v) is 4.85. The SMILES string of the molecule is C1=Cc2cc3c(cc2[C]1CCc1ccccc1)CCCC3. The Bertz CT molecular complexity index is 664. The smallest absolute Gasteiger partial charge is 0.0276 e. The normalized spacial score (nSPS) is 16.8. The van der Waals surface area contributed by atoms with Crippen LogP contribution in [0.15, 0.2) is 48.5 Å². The van der Waals surface area contributed by atoms with Crippen molar-refractivity contribution < 1.29 is 0 Å². The molecule has 0 aliphatic heterocycles. The lowest BCUT2D eigenvalue weighted by Crippen LogP contribution is -2.05. The van der Waals surface area contributed by atoms with Gasteiger partial charge in [0.25, 0.3) is 0 Å². The molecule has 0 heteroatoms. The van der Waals surface area contributed by atoms with Crippen LogP contribution in [0.1, 0.15) is 47.1 Å². The molecule has 4 rings (SSSR count). The summed E-state index contributed by atoms with van der Waals surface area (Å²) in [4.78, 5) is 0. The number of rotatable bonds is 3. The molecule has 105 valence electrons. The fourth-order valence-electron chi connectivity index (χ4n) is 3.64. The summed E-state index contributed by atoms with van der Waals surface area (Å²) < 4.78 is 0. The van der Waals surface area contributed by atoms with Crippen molar-refractivity contribution in [3.05, 3.63) is 82.3 Å². The van der Waals surface area contributed by atoms with E-state index in [-0.39, 0.29) is 0 Å². The van der Waals surface area contributed by atoms with Gasteiger partial charge in [-0.25, -0.2) is 0 Å². The van der Waals surface area contributed by atoms with Crippen LogP contribution in [0.3, 0.4) is 0 Å². The molecule has 2 aliphatic rings. The number of benzene rings is 2. The second-order valence-electron chi connectivity index (χ2n) is 6.26. The van der Waals surface area contributed by atoms with E-state index in [0.717, 1.165) is 12.8 Å². The number of hydrogen-bond donors (Lipinski definition) is 0. The van der Waals surface area contributed by atoms with Crippen LogP contribution < -0.4 is 0 Å². The monoisotopic (exact) mass is 273 g/mol. The Morgan fingerprint density at radius 2 is 1.52 bits per heavy atom. The van der Waals surface area contributed by atoms with E-state index in [4.69, 9.17) is 0 Å². The highest BCUT2D eigenvalue weighted by Crippen LogP contribution is 2.36. The summed E-state index contributed by atoms with van der Waals surface area (Å²) in [6, 6.07) is 15.7. The maximum absolute atomic E-state index is 2.48. The van der Waals surface area contributed by atoms with Gasteiger partial charge in [0, 0.05) is 5.92 Å². The van der Waals surface area contributed by atoms with Crippen molar-refractivity contribution >= 4 is 6.08 Å². The molecule has 2 aliphatic carbocycles. The number of allylic oxidation sites excluding steroid dienone is 1. The highest BCUT2D eigenvalue weighted by atomic mass is 14.2. The number of aryl methyl sites for hydroxylation is 3. The minimum absolute atomic E-state index is 1.14. The summed E-state index contributed by atoms with van der Waals surface area (Å²) in [5, 5.41) is 0. The lowest BCUT2D eigenvalue weighted by molar-refractivity contribution is 0.684. The van der Waals surface area contributed by atoms with Crippen LogP contribution >= 0.6 is 0 Å². The summed E-state index contributed by atoms with van der Waals surface area (Å²) in [6.45, 7) is 0. The first kappa shape index (κ1) is 12.9. The first-order valence-corrected chi connectivity index (χ1v) is 8.14. The van der Waals surface area contributed by atoms with Crippen LogP contribution in [0.5, 0.6) is 0 Å². The molecule has 2 aromatic carbocycles. The molecule has 0 spiro atoms. The molecule has 0 bridgehead atoms. The predicted molar refractivity (Wildman–Crippen MR) is 89.2 cm³/mol. The minimum Gasteiger partial charge on any atom is -0.0721 e. The van der Waals surface area contributed by atoms with E-state index in [2.05, 4.69) is 54.6 Å². The van der Waals surface area contributed by atoms with Crippen molar-refractivity contribution in [2.24, 2.45) is 0 Å². The van der Waals surface area contributed by atoms with Gasteiger partial charge >= 0.3 is 0 Å².